The molecular weight excluding hydrogens is 342 g/mol. The summed E-state index contributed by atoms with van der Waals surface area (Å²) in [6.45, 7) is 7.21. The molecule has 0 saturated carbocycles. The van der Waals surface area contributed by atoms with E-state index in [0.29, 0.717) is 18.8 Å². The van der Waals surface area contributed by atoms with Crippen molar-refractivity contribution in [2.45, 2.75) is 31.2 Å². The summed E-state index contributed by atoms with van der Waals surface area (Å²) >= 11 is 0. The first-order valence-corrected chi connectivity index (χ1v) is 8.94. The van der Waals surface area contributed by atoms with Crippen LogP contribution in [0.3, 0.4) is 0 Å². The number of halogens is 1. The van der Waals surface area contributed by atoms with Crippen LogP contribution in [0, 0.1) is 5.92 Å². The molecule has 2 saturated heterocycles. The van der Waals surface area contributed by atoms with Gasteiger partial charge in [-0.2, -0.15) is 0 Å². The van der Waals surface area contributed by atoms with Crippen LogP contribution >= 0.6 is 12.4 Å². The van der Waals surface area contributed by atoms with Crippen molar-refractivity contribution in [1.82, 2.24) is 16.2 Å². The maximum atomic E-state index is 5.63. The predicted octanol–water partition coefficient (Wildman–Crippen LogP) is 1.59. The molecule has 3 aliphatic rings. The molecule has 140 valence electrons. The van der Waals surface area contributed by atoms with Crippen LogP contribution in [0.5, 0.6) is 11.5 Å². The van der Waals surface area contributed by atoms with Crippen molar-refractivity contribution in [1.29, 1.82) is 0 Å². The van der Waals surface area contributed by atoms with Crippen LogP contribution in [0.4, 0.5) is 0 Å². The van der Waals surface area contributed by atoms with Crippen LogP contribution in [0.15, 0.2) is 18.2 Å². The SMILES string of the molecule is CC1NNCC1CNCC1(c2ccc3c(c2)OCO3)CCOCC1.Cl. The predicted molar refractivity (Wildman–Crippen MR) is 98.5 cm³/mol. The van der Waals surface area contributed by atoms with E-state index in [4.69, 9.17) is 14.2 Å². The lowest BCUT2D eigenvalue weighted by Crippen LogP contribution is -2.45. The Hall–Kier alpha value is -1.05. The first-order valence-electron chi connectivity index (χ1n) is 8.94. The summed E-state index contributed by atoms with van der Waals surface area (Å²) in [5.41, 5.74) is 7.97. The fourth-order valence-corrected chi connectivity index (χ4v) is 3.95. The minimum absolute atomic E-state index is 0. The number of hydrazine groups is 1. The minimum Gasteiger partial charge on any atom is -0.454 e. The molecule has 3 N–H and O–H groups in total. The Balaban J connectivity index is 0.00000182. The van der Waals surface area contributed by atoms with Crippen LogP contribution < -0.4 is 25.6 Å². The second-order valence-corrected chi connectivity index (χ2v) is 7.17. The molecule has 0 spiro atoms. The number of nitrogens with one attached hydrogen (secondary N) is 3. The maximum Gasteiger partial charge on any atom is 0.231 e. The lowest BCUT2D eigenvalue weighted by atomic mass is 9.74. The van der Waals surface area contributed by atoms with E-state index in [1.54, 1.807) is 0 Å². The van der Waals surface area contributed by atoms with Gasteiger partial charge >= 0.3 is 0 Å². The van der Waals surface area contributed by atoms with Crippen molar-refractivity contribution in [3.63, 3.8) is 0 Å². The van der Waals surface area contributed by atoms with Crippen LogP contribution in [-0.4, -0.2) is 45.7 Å². The van der Waals surface area contributed by atoms with Crippen molar-refractivity contribution in [2.75, 3.05) is 39.6 Å². The smallest absolute Gasteiger partial charge is 0.231 e. The summed E-state index contributed by atoms with van der Waals surface area (Å²) in [6, 6.07) is 6.91. The van der Waals surface area contributed by atoms with Gasteiger partial charge in [0.1, 0.15) is 0 Å². The Bertz CT molecular complexity index is 581. The minimum atomic E-state index is 0. The van der Waals surface area contributed by atoms with Gasteiger partial charge in [-0.1, -0.05) is 6.07 Å². The Morgan fingerprint density at radius 1 is 1.20 bits per heavy atom. The van der Waals surface area contributed by atoms with Crippen LogP contribution in [-0.2, 0) is 10.2 Å². The highest BCUT2D eigenvalue weighted by Crippen LogP contribution is 2.40. The van der Waals surface area contributed by atoms with Crippen LogP contribution in [0.1, 0.15) is 25.3 Å². The van der Waals surface area contributed by atoms with Crippen LogP contribution in [0.25, 0.3) is 0 Å². The fourth-order valence-electron chi connectivity index (χ4n) is 3.95. The van der Waals surface area contributed by atoms with E-state index >= 15 is 0 Å². The summed E-state index contributed by atoms with van der Waals surface area (Å²) in [5, 5.41) is 3.73. The molecule has 7 heteroatoms. The third-order valence-electron chi connectivity index (χ3n) is 5.71. The summed E-state index contributed by atoms with van der Waals surface area (Å²) in [7, 11) is 0. The highest BCUT2D eigenvalue weighted by Gasteiger charge is 2.36. The third-order valence-corrected chi connectivity index (χ3v) is 5.71. The number of hydrogen-bond acceptors (Lipinski definition) is 6. The van der Waals surface area contributed by atoms with E-state index in [2.05, 4.69) is 35.2 Å². The largest absolute Gasteiger partial charge is 0.454 e. The maximum absolute atomic E-state index is 5.63. The molecular formula is C18H28ClN3O3. The highest BCUT2D eigenvalue weighted by molar-refractivity contribution is 5.85. The van der Waals surface area contributed by atoms with Gasteiger partial charge in [0.05, 0.1) is 0 Å². The summed E-state index contributed by atoms with van der Waals surface area (Å²) in [4.78, 5) is 0. The average Bonchev–Trinajstić information content (AvgIpc) is 3.24. The van der Waals surface area contributed by atoms with Gasteiger partial charge in [-0.3, -0.25) is 10.9 Å². The average molecular weight is 370 g/mol. The standard InChI is InChI=1S/C18H27N3O3.ClH/c1-13-14(10-20-21-13)9-19-11-18(4-6-22-7-5-18)15-2-3-16-17(8-15)24-12-23-16;/h2-3,8,13-14,19-21H,4-7,9-12H2,1H3;1H. The Kier molecular flexibility index (Phi) is 6.07. The van der Waals surface area contributed by atoms with Crippen molar-refractivity contribution in [3.05, 3.63) is 23.8 Å². The van der Waals surface area contributed by atoms with E-state index in [0.717, 1.165) is 57.2 Å². The zero-order chi connectivity index (χ0) is 16.4. The Labute approximate surface area is 155 Å². The molecule has 3 heterocycles. The van der Waals surface area contributed by atoms with Crippen molar-refractivity contribution in [3.8, 4) is 11.5 Å². The summed E-state index contributed by atoms with van der Waals surface area (Å²) in [5.74, 6) is 2.35. The van der Waals surface area contributed by atoms with Gasteiger partial charge in [-0.15, -0.1) is 12.4 Å². The van der Waals surface area contributed by atoms with Gasteiger partial charge in [0.25, 0.3) is 0 Å². The Morgan fingerprint density at radius 3 is 2.76 bits per heavy atom. The van der Waals surface area contributed by atoms with Crippen molar-refractivity contribution < 1.29 is 14.2 Å². The highest BCUT2D eigenvalue weighted by atomic mass is 35.5. The molecule has 3 aliphatic heterocycles. The quantitative estimate of drug-likeness (QED) is 0.732. The lowest BCUT2D eigenvalue weighted by molar-refractivity contribution is 0.0495. The number of hydrogen-bond donors (Lipinski definition) is 3. The molecule has 2 fully saturated rings. The van der Waals surface area contributed by atoms with E-state index in [1.807, 2.05) is 6.07 Å². The van der Waals surface area contributed by atoms with Gasteiger partial charge < -0.3 is 19.5 Å². The van der Waals surface area contributed by atoms with E-state index in [-0.39, 0.29) is 17.8 Å². The van der Waals surface area contributed by atoms with Gasteiger partial charge in [0.2, 0.25) is 6.79 Å². The van der Waals surface area contributed by atoms with Gasteiger partial charge in [0.15, 0.2) is 11.5 Å². The summed E-state index contributed by atoms with van der Waals surface area (Å²) in [6.07, 6.45) is 2.08. The third kappa shape index (κ3) is 3.88. The zero-order valence-electron chi connectivity index (χ0n) is 14.7. The zero-order valence-corrected chi connectivity index (χ0v) is 15.5. The number of benzene rings is 1. The number of ether oxygens (including phenoxy) is 3. The molecule has 0 bridgehead atoms. The van der Waals surface area contributed by atoms with E-state index in [1.165, 1.54) is 5.56 Å². The lowest BCUT2D eigenvalue weighted by Gasteiger charge is -2.38. The van der Waals surface area contributed by atoms with Gasteiger partial charge in [-0.05, 0) is 37.5 Å². The van der Waals surface area contributed by atoms with Crippen molar-refractivity contribution >= 4 is 12.4 Å². The first kappa shape index (κ1) is 18.7. The molecule has 0 radical (unpaired) electrons. The number of rotatable bonds is 5. The molecule has 25 heavy (non-hydrogen) atoms. The van der Waals surface area contributed by atoms with Gasteiger partial charge in [0, 0.05) is 50.2 Å². The molecule has 0 aromatic heterocycles. The molecule has 1 aromatic carbocycles. The fraction of sp³-hybridized carbons (Fsp3) is 0.667. The molecule has 0 aliphatic carbocycles. The molecule has 2 unspecified atom stereocenters. The van der Waals surface area contributed by atoms with Crippen LogP contribution in [0.2, 0.25) is 0 Å². The Morgan fingerprint density at radius 2 is 2.00 bits per heavy atom. The van der Waals surface area contributed by atoms with E-state index in [9.17, 15) is 0 Å². The molecule has 6 nitrogen and oxygen atoms in total. The second-order valence-electron chi connectivity index (χ2n) is 7.17. The van der Waals surface area contributed by atoms with Gasteiger partial charge in [-0.25, -0.2) is 0 Å². The first-order chi connectivity index (χ1) is 11.8. The normalized spacial score (nSPS) is 27.1. The molecule has 2 atom stereocenters. The monoisotopic (exact) mass is 369 g/mol. The number of fused-ring (bicyclic) bond motifs is 1. The second kappa shape index (κ2) is 8.10. The van der Waals surface area contributed by atoms with E-state index < -0.39 is 0 Å². The summed E-state index contributed by atoms with van der Waals surface area (Å²) < 4.78 is 16.7. The molecule has 1 aromatic rings. The van der Waals surface area contributed by atoms with Crippen molar-refractivity contribution in [2.24, 2.45) is 5.92 Å². The molecule has 0 amide bonds. The topological polar surface area (TPSA) is 63.8 Å². The molecule has 4 rings (SSSR count).